The van der Waals surface area contributed by atoms with E-state index in [1.807, 2.05) is 7.11 Å². The zero-order valence-electron chi connectivity index (χ0n) is 10.1. The van der Waals surface area contributed by atoms with E-state index in [-0.39, 0.29) is 0 Å². The molecule has 0 saturated carbocycles. The highest BCUT2D eigenvalue weighted by molar-refractivity contribution is 5.30. The molecule has 0 amide bonds. The molecule has 4 atom stereocenters. The molecule has 15 heavy (non-hydrogen) atoms. The number of methoxy groups -OCH3 is 1. The second-order valence-corrected chi connectivity index (χ2v) is 4.87. The van der Waals surface area contributed by atoms with Crippen molar-refractivity contribution >= 4 is 0 Å². The maximum Gasteiger partial charge on any atom is 0.0645 e. The van der Waals surface area contributed by atoms with E-state index in [4.69, 9.17) is 4.74 Å². The van der Waals surface area contributed by atoms with Crippen LogP contribution in [0.5, 0.6) is 0 Å². The quantitative estimate of drug-likeness (QED) is 0.671. The molecule has 0 bridgehead atoms. The normalized spacial score (nSPS) is 39.8. The topological polar surface area (TPSA) is 9.23 Å². The van der Waals surface area contributed by atoms with E-state index in [2.05, 4.69) is 32.1 Å². The van der Waals surface area contributed by atoms with Crippen LogP contribution in [0.4, 0.5) is 0 Å². The van der Waals surface area contributed by atoms with Crippen molar-refractivity contribution in [2.24, 2.45) is 17.8 Å². The molecule has 2 rings (SSSR count). The van der Waals surface area contributed by atoms with Gasteiger partial charge in [0.25, 0.3) is 0 Å². The van der Waals surface area contributed by atoms with Gasteiger partial charge in [0.1, 0.15) is 0 Å². The standard InChI is InChI=1S/C14H22O/c1-4-12-10(2)8-9-11-6-5-7-13(15-3)14(11)12/h6,8-10,12-14H,4-5,7H2,1-3H3/t10-,12-,13-,14?/m0/s1. The number of hydrogen-bond acceptors (Lipinski definition) is 1. The zero-order chi connectivity index (χ0) is 10.8. The van der Waals surface area contributed by atoms with Gasteiger partial charge in [0.15, 0.2) is 0 Å². The Morgan fingerprint density at radius 3 is 2.93 bits per heavy atom. The highest BCUT2D eigenvalue weighted by Crippen LogP contribution is 2.42. The Hall–Kier alpha value is -0.560. The first kappa shape index (κ1) is 10.9. The van der Waals surface area contributed by atoms with Crippen molar-refractivity contribution in [1.82, 2.24) is 0 Å². The highest BCUT2D eigenvalue weighted by atomic mass is 16.5. The van der Waals surface area contributed by atoms with Gasteiger partial charge in [0, 0.05) is 13.0 Å². The lowest BCUT2D eigenvalue weighted by Gasteiger charge is -2.41. The fourth-order valence-corrected chi connectivity index (χ4v) is 3.27. The predicted octanol–water partition coefficient (Wildman–Crippen LogP) is 3.57. The van der Waals surface area contributed by atoms with Gasteiger partial charge in [-0.25, -0.2) is 0 Å². The Labute approximate surface area is 93.2 Å². The largest absolute Gasteiger partial charge is 0.381 e. The Kier molecular flexibility index (Phi) is 3.30. The van der Waals surface area contributed by atoms with Crippen molar-refractivity contribution in [1.29, 1.82) is 0 Å². The second kappa shape index (κ2) is 4.52. The zero-order valence-corrected chi connectivity index (χ0v) is 10.1. The third-order valence-corrected chi connectivity index (χ3v) is 4.12. The first-order valence-electron chi connectivity index (χ1n) is 6.19. The SMILES string of the molecule is CC[C@@H]1C2C(=CCC[C@@H]2OC)C=C[C@@H]1C. The molecule has 0 spiro atoms. The number of hydrogen-bond donors (Lipinski definition) is 0. The van der Waals surface area contributed by atoms with Crippen LogP contribution in [0.15, 0.2) is 23.8 Å². The maximum absolute atomic E-state index is 5.67. The predicted molar refractivity (Wildman–Crippen MR) is 63.7 cm³/mol. The van der Waals surface area contributed by atoms with Crippen LogP contribution >= 0.6 is 0 Å². The third kappa shape index (κ3) is 1.90. The van der Waals surface area contributed by atoms with Gasteiger partial charge in [-0.3, -0.25) is 0 Å². The molecular weight excluding hydrogens is 184 g/mol. The first-order valence-corrected chi connectivity index (χ1v) is 6.19. The summed E-state index contributed by atoms with van der Waals surface area (Å²) in [4.78, 5) is 0. The van der Waals surface area contributed by atoms with Crippen molar-refractivity contribution < 1.29 is 4.74 Å². The van der Waals surface area contributed by atoms with Gasteiger partial charge in [-0.15, -0.1) is 0 Å². The van der Waals surface area contributed by atoms with Gasteiger partial charge in [-0.2, -0.15) is 0 Å². The van der Waals surface area contributed by atoms with Crippen LogP contribution in [-0.4, -0.2) is 13.2 Å². The monoisotopic (exact) mass is 206 g/mol. The average Bonchev–Trinajstić information content (AvgIpc) is 2.28. The molecule has 0 N–H and O–H groups in total. The molecule has 2 aliphatic carbocycles. The molecule has 0 fully saturated rings. The van der Waals surface area contributed by atoms with E-state index < -0.39 is 0 Å². The summed E-state index contributed by atoms with van der Waals surface area (Å²) < 4.78 is 5.67. The van der Waals surface area contributed by atoms with Crippen LogP contribution in [0, 0.1) is 17.8 Å². The first-order chi connectivity index (χ1) is 7.27. The molecular formula is C14H22O. The van der Waals surface area contributed by atoms with Gasteiger partial charge in [-0.05, 0) is 30.3 Å². The molecule has 0 aliphatic heterocycles. The molecule has 0 heterocycles. The number of ether oxygens (including phenoxy) is 1. The molecule has 0 aromatic carbocycles. The lowest BCUT2D eigenvalue weighted by Crippen LogP contribution is -2.37. The van der Waals surface area contributed by atoms with E-state index >= 15 is 0 Å². The van der Waals surface area contributed by atoms with Crippen LogP contribution in [0.1, 0.15) is 33.1 Å². The third-order valence-electron chi connectivity index (χ3n) is 4.12. The molecule has 0 aromatic rings. The molecule has 0 saturated heterocycles. The average molecular weight is 206 g/mol. The van der Waals surface area contributed by atoms with E-state index in [9.17, 15) is 0 Å². The number of fused-ring (bicyclic) bond motifs is 1. The molecule has 0 aromatic heterocycles. The van der Waals surface area contributed by atoms with Gasteiger partial charge >= 0.3 is 0 Å². The summed E-state index contributed by atoms with van der Waals surface area (Å²) in [5.74, 6) is 2.12. The van der Waals surface area contributed by atoms with Crippen molar-refractivity contribution in [3.8, 4) is 0 Å². The van der Waals surface area contributed by atoms with Crippen LogP contribution in [0.2, 0.25) is 0 Å². The lowest BCUT2D eigenvalue weighted by molar-refractivity contribution is 0.0226. The van der Waals surface area contributed by atoms with E-state index in [1.54, 1.807) is 0 Å². The van der Waals surface area contributed by atoms with Gasteiger partial charge in [0.2, 0.25) is 0 Å². The minimum absolute atomic E-state index is 0.447. The summed E-state index contributed by atoms with van der Waals surface area (Å²) in [5.41, 5.74) is 1.53. The van der Waals surface area contributed by atoms with E-state index in [0.29, 0.717) is 17.9 Å². The molecule has 1 unspecified atom stereocenters. The smallest absolute Gasteiger partial charge is 0.0645 e. The summed E-state index contributed by atoms with van der Waals surface area (Å²) in [5, 5.41) is 0. The molecule has 1 heteroatoms. The van der Waals surface area contributed by atoms with Crippen LogP contribution in [0.3, 0.4) is 0 Å². The summed E-state index contributed by atoms with van der Waals surface area (Å²) in [7, 11) is 1.86. The van der Waals surface area contributed by atoms with Crippen molar-refractivity contribution in [2.45, 2.75) is 39.2 Å². The minimum atomic E-state index is 0.447. The van der Waals surface area contributed by atoms with Gasteiger partial charge < -0.3 is 4.74 Å². The molecule has 1 nitrogen and oxygen atoms in total. The van der Waals surface area contributed by atoms with E-state index in [0.717, 1.165) is 5.92 Å². The second-order valence-electron chi connectivity index (χ2n) is 4.87. The van der Waals surface area contributed by atoms with Gasteiger partial charge in [0.05, 0.1) is 6.10 Å². The Balaban J connectivity index is 2.29. The summed E-state index contributed by atoms with van der Waals surface area (Å²) >= 11 is 0. The fourth-order valence-electron chi connectivity index (χ4n) is 3.27. The fraction of sp³-hybridized carbons (Fsp3) is 0.714. The van der Waals surface area contributed by atoms with Crippen molar-refractivity contribution in [2.75, 3.05) is 7.11 Å². The summed E-state index contributed by atoms with van der Waals surface area (Å²) in [6.45, 7) is 4.64. The molecule has 84 valence electrons. The van der Waals surface area contributed by atoms with Crippen LogP contribution < -0.4 is 0 Å². The van der Waals surface area contributed by atoms with Crippen molar-refractivity contribution in [3.63, 3.8) is 0 Å². The van der Waals surface area contributed by atoms with Crippen LogP contribution in [-0.2, 0) is 4.74 Å². The van der Waals surface area contributed by atoms with Crippen molar-refractivity contribution in [3.05, 3.63) is 23.8 Å². The molecule has 2 aliphatic rings. The van der Waals surface area contributed by atoms with Gasteiger partial charge in [-0.1, -0.05) is 38.5 Å². The minimum Gasteiger partial charge on any atom is -0.381 e. The maximum atomic E-state index is 5.67. The Morgan fingerprint density at radius 1 is 1.47 bits per heavy atom. The Bertz CT molecular complexity index is 277. The summed E-state index contributed by atoms with van der Waals surface area (Å²) in [6.07, 6.45) is 11.2. The Morgan fingerprint density at radius 2 is 2.27 bits per heavy atom. The number of rotatable bonds is 2. The number of allylic oxidation sites excluding steroid dienone is 3. The summed E-state index contributed by atoms with van der Waals surface area (Å²) in [6, 6.07) is 0. The molecule has 0 radical (unpaired) electrons. The lowest BCUT2D eigenvalue weighted by atomic mass is 9.67. The van der Waals surface area contributed by atoms with E-state index in [1.165, 1.54) is 24.8 Å². The highest BCUT2D eigenvalue weighted by Gasteiger charge is 2.36. The van der Waals surface area contributed by atoms with Crippen LogP contribution in [0.25, 0.3) is 0 Å².